The monoisotopic (exact) mass is 377 g/mol. The zero-order valence-electron chi connectivity index (χ0n) is 14.7. The third-order valence-electron chi connectivity index (χ3n) is 3.71. The van der Waals surface area contributed by atoms with Crippen molar-refractivity contribution in [1.29, 1.82) is 0 Å². The van der Waals surface area contributed by atoms with Crippen LogP contribution < -0.4 is 5.32 Å². The van der Waals surface area contributed by atoms with Gasteiger partial charge < -0.3 is 10.2 Å². The van der Waals surface area contributed by atoms with Gasteiger partial charge in [-0.15, -0.1) is 0 Å². The largest absolute Gasteiger partial charge is 0.340 e. The minimum atomic E-state index is -0.311. The summed E-state index contributed by atoms with van der Waals surface area (Å²) in [7, 11) is 3.37. The molecule has 0 aliphatic rings. The first-order valence-electron chi connectivity index (χ1n) is 8.06. The molecule has 0 bridgehead atoms. The van der Waals surface area contributed by atoms with Crippen molar-refractivity contribution >= 4 is 29.1 Å². The van der Waals surface area contributed by atoms with Crippen molar-refractivity contribution in [2.75, 3.05) is 32.5 Å². The van der Waals surface area contributed by atoms with Gasteiger partial charge in [-0.05, 0) is 49.0 Å². The second-order valence-electron chi connectivity index (χ2n) is 6.10. The Morgan fingerprint density at radius 3 is 2.23 bits per heavy atom. The maximum atomic E-state index is 12.9. The number of hydrogen-bond donors (Lipinski definition) is 1. The quantitative estimate of drug-likeness (QED) is 0.807. The Labute approximate surface area is 157 Å². The number of carbonyl (C=O) groups is 2. The van der Waals surface area contributed by atoms with Crippen LogP contribution in [0.1, 0.15) is 5.56 Å². The predicted molar refractivity (Wildman–Crippen MR) is 100 cm³/mol. The summed E-state index contributed by atoms with van der Waals surface area (Å²) in [6.07, 6.45) is 0. The number of rotatable bonds is 7. The van der Waals surface area contributed by atoms with Crippen molar-refractivity contribution in [3.63, 3.8) is 0 Å². The van der Waals surface area contributed by atoms with Gasteiger partial charge in [0.2, 0.25) is 11.8 Å². The number of benzene rings is 2. The molecule has 0 fully saturated rings. The molecule has 0 aromatic heterocycles. The lowest BCUT2D eigenvalue weighted by molar-refractivity contribution is -0.131. The average Bonchev–Trinajstić information content (AvgIpc) is 2.58. The van der Waals surface area contributed by atoms with E-state index in [1.807, 2.05) is 0 Å². The van der Waals surface area contributed by atoms with Gasteiger partial charge in [0.05, 0.1) is 13.1 Å². The lowest BCUT2D eigenvalue weighted by atomic mass is 10.2. The molecule has 0 aliphatic heterocycles. The Kier molecular flexibility index (Phi) is 7.12. The minimum Gasteiger partial charge on any atom is -0.340 e. The standard InChI is InChI=1S/C19H21ClFN3O2/c1-23(12-18(25)22-17-9-5-15(20)6-10-17)13-19(26)24(2)11-14-3-7-16(21)8-4-14/h3-10H,11-13H2,1-2H3,(H,22,25). The summed E-state index contributed by atoms with van der Waals surface area (Å²) in [4.78, 5) is 27.5. The summed E-state index contributed by atoms with van der Waals surface area (Å²) >= 11 is 5.80. The number of nitrogens with one attached hydrogen (secondary N) is 1. The molecule has 0 saturated heterocycles. The molecule has 0 radical (unpaired) electrons. The molecule has 26 heavy (non-hydrogen) atoms. The van der Waals surface area contributed by atoms with Crippen LogP contribution in [0.3, 0.4) is 0 Å². The number of amides is 2. The number of likely N-dealkylation sites (N-methyl/N-ethyl adjacent to an activating group) is 2. The maximum Gasteiger partial charge on any atom is 0.238 e. The van der Waals surface area contributed by atoms with E-state index in [-0.39, 0.29) is 30.7 Å². The molecule has 138 valence electrons. The molecule has 2 rings (SSSR count). The van der Waals surface area contributed by atoms with Crippen LogP contribution in [0.5, 0.6) is 0 Å². The molecular weight excluding hydrogens is 357 g/mol. The summed E-state index contributed by atoms with van der Waals surface area (Å²) < 4.78 is 12.9. The van der Waals surface area contributed by atoms with Crippen LogP contribution in [0, 0.1) is 5.82 Å². The van der Waals surface area contributed by atoms with Crippen LogP contribution >= 0.6 is 11.6 Å². The van der Waals surface area contributed by atoms with E-state index in [2.05, 4.69) is 5.32 Å². The number of carbonyl (C=O) groups excluding carboxylic acids is 2. The Morgan fingerprint density at radius 1 is 1.00 bits per heavy atom. The second kappa shape index (κ2) is 9.31. The smallest absolute Gasteiger partial charge is 0.238 e. The molecule has 0 heterocycles. The van der Waals surface area contributed by atoms with Gasteiger partial charge >= 0.3 is 0 Å². The molecule has 1 N–H and O–H groups in total. The van der Waals surface area contributed by atoms with Crippen molar-refractivity contribution in [2.24, 2.45) is 0 Å². The SMILES string of the molecule is CN(CC(=O)Nc1ccc(Cl)cc1)CC(=O)N(C)Cc1ccc(F)cc1. The van der Waals surface area contributed by atoms with Crippen LogP contribution in [0.4, 0.5) is 10.1 Å². The van der Waals surface area contributed by atoms with Crippen LogP contribution in [0.2, 0.25) is 5.02 Å². The van der Waals surface area contributed by atoms with E-state index in [0.717, 1.165) is 5.56 Å². The maximum absolute atomic E-state index is 12.9. The van der Waals surface area contributed by atoms with Gasteiger partial charge in [-0.25, -0.2) is 4.39 Å². The Bertz CT molecular complexity index is 750. The van der Waals surface area contributed by atoms with Crippen LogP contribution in [0.15, 0.2) is 48.5 Å². The molecule has 0 unspecified atom stereocenters. The molecule has 2 aromatic rings. The van der Waals surface area contributed by atoms with Crippen LogP contribution in [-0.4, -0.2) is 48.8 Å². The van der Waals surface area contributed by atoms with E-state index in [1.165, 1.54) is 12.1 Å². The van der Waals surface area contributed by atoms with E-state index in [9.17, 15) is 14.0 Å². The highest BCUT2D eigenvalue weighted by molar-refractivity contribution is 6.30. The van der Waals surface area contributed by atoms with Gasteiger partial charge in [0.25, 0.3) is 0 Å². The summed E-state index contributed by atoms with van der Waals surface area (Å²) in [5, 5.41) is 3.34. The normalized spacial score (nSPS) is 10.7. The third-order valence-corrected chi connectivity index (χ3v) is 3.96. The summed E-state index contributed by atoms with van der Waals surface area (Å²) in [5.74, 6) is -0.658. The highest BCUT2D eigenvalue weighted by Gasteiger charge is 2.14. The van der Waals surface area contributed by atoms with Crippen LogP contribution in [0.25, 0.3) is 0 Å². The first-order chi connectivity index (χ1) is 12.3. The van der Waals surface area contributed by atoms with Gasteiger partial charge in [0, 0.05) is 24.3 Å². The first kappa shape index (κ1) is 19.9. The van der Waals surface area contributed by atoms with E-state index in [0.29, 0.717) is 17.3 Å². The van der Waals surface area contributed by atoms with Crippen molar-refractivity contribution in [3.8, 4) is 0 Å². The molecule has 0 atom stereocenters. The summed E-state index contributed by atoms with van der Waals surface area (Å²) in [6, 6.07) is 12.8. The van der Waals surface area contributed by atoms with Gasteiger partial charge in [0.1, 0.15) is 5.82 Å². The summed E-state index contributed by atoms with van der Waals surface area (Å²) in [5.41, 5.74) is 1.48. The third kappa shape index (κ3) is 6.46. The van der Waals surface area contributed by atoms with E-state index < -0.39 is 0 Å². The molecule has 0 aliphatic carbocycles. The Hall–Kier alpha value is -2.44. The van der Waals surface area contributed by atoms with Crippen molar-refractivity contribution in [1.82, 2.24) is 9.80 Å². The number of hydrogen-bond acceptors (Lipinski definition) is 3. The van der Waals surface area contributed by atoms with Gasteiger partial charge in [-0.3, -0.25) is 14.5 Å². The average molecular weight is 378 g/mol. The van der Waals surface area contributed by atoms with Crippen molar-refractivity contribution in [2.45, 2.75) is 6.54 Å². The van der Waals surface area contributed by atoms with Crippen LogP contribution in [-0.2, 0) is 16.1 Å². The fourth-order valence-electron chi connectivity index (χ4n) is 2.34. The molecular formula is C19H21ClFN3O2. The lowest BCUT2D eigenvalue weighted by Gasteiger charge is -2.21. The molecule has 0 saturated carbocycles. The van der Waals surface area contributed by atoms with Gasteiger partial charge in [-0.1, -0.05) is 23.7 Å². The first-order valence-corrected chi connectivity index (χ1v) is 8.43. The molecule has 0 spiro atoms. The minimum absolute atomic E-state index is 0.0821. The lowest BCUT2D eigenvalue weighted by Crippen LogP contribution is -2.39. The summed E-state index contributed by atoms with van der Waals surface area (Å²) in [6.45, 7) is 0.564. The molecule has 7 heteroatoms. The van der Waals surface area contributed by atoms with E-state index >= 15 is 0 Å². The predicted octanol–water partition coefficient (Wildman–Crippen LogP) is 3.01. The van der Waals surface area contributed by atoms with Gasteiger partial charge in [0.15, 0.2) is 0 Å². The fraction of sp³-hybridized carbons (Fsp3) is 0.263. The zero-order valence-corrected chi connectivity index (χ0v) is 15.5. The van der Waals surface area contributed by atoms with E-state index in [4.69, 9.17) is 11.6 Å². The number of anilines is 1. The molecule has 2 aromatic carbocycles. The fourth-order valence-corrected chi connectivity index (χ4v) is 2.46. The Balaban J connectivity index is 1.79. The zero-order chi connectivity index (χ0) is 19.1. The number of halogens is 2. The highest BCUT2D eigenvalue weighted by Crippen LogP contribution is 2.13. The van der Waals surface area contributed by atoms with Crippen molar-refractivity contribution < 1.29 is 14.0 Å². The van der Waals surface area contributed by atoms with Gasteiger partial charge in [-0.2, -0.15) is 0 Å². The number of nitrogens with zero attached hydrogens (tertiary/aromatic N) is 2. The Morgan fingerprint density at radius 2 is 1.62 bits per heavy atom. The molecule has 2 amide bonds. The van der Waals surface area contributed by atoms with Crippen molar-refractivity contribution in [3.05, 3.63) is 64.9 Å². The topological polar surface area (TPSA) is 52.7 Å². The highest BCUT2D eigenvalue weighted by atomic mass is 35.5. The second-order valence-corrected chi connectivity index (χ2v) is 6.54. The van der Waals surface area contributed by atoms with E-state index in [1.54, 1.807) is 60.3 Å². The molecule has 5 nitrogen and oxygen atoms in total.